The Balaban J connectivity index is 1.28. The molecule has 4 saturated carbocycles. The van der Waals surface area contributed by atoms with Crippen molar-refractivity contribution in [2.45, 2.75) is 52.4 Å². The van der Waals surface area contributed by atoms with Gasteiger partial charge in [-0.2, -0.15) is 0 Å². The summed E-state index contributed by atoms with van der Waals surface area (Å²) in [6, 6.07) is 4.95. The predicted molar refractivity (Wildman–Crippen MR) is 105 cm³/mol. The largest absolute Gasteiger partial charge is 0.455 e. The molecule has 0 saturated heterocycles. The zero-order valence-electron chi connectivity index (χ0n) is 16.5. The fraction of sp³-hybridized carbons (Fsp3) is 0.591. The smallest absolute Gasteiger partial charge is 0.325 e. The molecule has 1 aromatic carbocycles. The van der Waals surface area contributed by atoms with Crippen LogP contribution in [0.4, 0.5) is 10.5 Å². The van der Waals surface area contributed by atoms with Gasteiger partial charge in [0.05, 0.1) is 5.41 Å². The topological polar surface area (TPSA) is 84.5 Å². The third-order valence-electron chi connectivity index (χ3n) is 6.91. The van der Waals surface area contributed by atoms with Gasteiger partial charge in [0.15, 0.2) is 6.61 Å². The summed E-state index contributed by atoms with van der Waals surface area (Å²) in [5.74, 6) is 1.04. The molecule has 0 aliphatic heterocycles. The van der Waals surface area contributed by atoms with Crippen LogP contribution in [0.5, 0.6) is 0 Å². The fourth-order valence-corrected chi connectivity index (χ4v) is 5.85. The number of nitrogens with one attached hydrogen (secondary N) is 2. The number of amides is 3. The van der Waals surface area contributed by atoms with Crippen LogP contribution < -0.4 is 10.6 Å². The molecule has 6 nitrogen and oxygen atoms in total. The number of carbonyl (C=O) groups is 3. The van der Waals surface area contributed by atoms with Crippen LogP contribution in [0.15, 0.2) is 18.2 Å². The molecule has 0 spiro atoms. The number of esters is 1. The molecule has 0 radical (unpaired) electrons. The number of ether oxygens (including phenoxy) is 1. The summed E-state index contributed by atoms with van der Waals surface area (Å²) >= 11 is 0. The van der Waals surface area contributed by atoms with Crippen molar-refractivity contribution in [1.82, 2.24) is 5.32 Å². The average Bonchev–Trinajstić information content (AvgIpc) is 2.62. The van der Waals surface area contributed by atoms with Crippen molar-refractivity contribution in [3.05, 3.63) is 29.3 Å². The zero-order chi connectivity index (χ0) is 19.9. The minimum Gasteiger partial charge on any atom is -0.455 e. The number of hydrogen-bond donors (Lipinski definition) is 2. The number of aryl methyl sites for hydroxylation is 1. The van der Waals surface area contributed by atoms with E-state index in [2.05, 4.69) is 10.6 Å². The van der Waals surface area contributed by atoms with E-state index < -0.39 is 24.0 Å². The third-order valence-corrected chi connectivity index (χ3v) is 6.91. The summed E-state index contributed by atoms with van der Waals surface area (Å²) in [5, 5.41) is 4.90. The second-order valence-electron chi connectivity index (χ2n) is 9.02. The van der Waals surface area contributed by atoms with Crippen molar-refractivity contribution in [3.63, 3.8) is 0 Å². The number of anilines is 1. The maximum Gasteiger partial charge on any atom is 0.325 e. The van der Waals surface area contributed by atoms with E-state index in [-0.39, 0.29) is 5.97 Å². The number of rotatable bonds is 4. The van der Waals surface area contributed by atoms with E-state index in [9.17, 15) is 14.4 Å². The Hall–Kier alpha value is -2.37. The summed E-state index contributed by atoms with van der Waals surface area (Å²) < 4.78 is 5.35. The number of urea groups is 1. The van der Waals surface area contributed by atoms with Gasteiger partial charge in [-0.3, -0.25) is 14.9 Å². The van der Waals surface area contributed by atoms with Crippen LogP contribution in [-0.2, 0) is 14.3 Å². The highest BCUT2D eigenvalue weighted by molar-refractivity contribution is 6.02. The summed E-state index contributed by atoms with van der Waals surface area (Å²) in [7, 11) is 0. The predicted octanol–water partition coefficient (Wildman–Crippen LogP) is 3.71. The lowest BCUT2D eigenvalue weighted by atomic mass is 9.49. The highest BCUT2D eigenvalue weighted by atomic mass is 16.5. The van der Waals surface area contributed by atoms with E-state index in [0.717, 1.165) is 30.4 Å². The minimum atomic E-state index is -0.621. The summed E-state index contributed by atoms with van der Waals surface area (Å²) in [5.41, 5.74) is 2.25. The van der Waals surface area contributed by atoms with Crippen molar-refractivity contribution in [2.75, 3.05) is 11.9 Å². The van der Waals surface area contributed by atoms with Crippen molar-refractivity contribution >= 4 is 23.6 Å². The first-order valence-corrected chi connectivity index (χ1v) is 10.2. The molecule has 0 atom stereocenters. The first kappa shape index (κ1) is 19.0. The van der Waals surface area contributed by atoms with Crippen LogP contribution in [0, 0.1) is 37.0 Å². The van der Waals surface area contributed by atoms with Crippen LogP contribution in [0.25, 0.3) is 0 Å². The Bertz CT molecular complexity index is 781. The van der Waals surface area contributed by atoms with E-state index in [1.807, 2.05) is 26.0 Å². The van der Waals surface area contributed by atoms with Crippen LogP contribution in [0.2, 0.25) is 0 Å². The lowest BCUT2D eigenvalue weighted by Gasteiger charge is -2.55. The molecule has 6 heteroatoms. The highest BCUT2D eigenvalue weighted by Gasteiger charge is 2.55. The standard InChI is InChI=1S/C22H28N2O4/c1-13-4-3-5-18(14(13)2)23-21(27)24-19(25)12-28-20(26)22-9-15-6-16(10-22)8-17(7-15)11-22/h3-5,15-17H,6-12H2,1-2H3,(H2,23,24,25,27). The lowest BCUT2D eigenvalue weighted by molar-refractivity contribution is -0.173. The lowest BCUT2D eigenvalue weighted by Crippen LogP contribution is -2.51. The third kappa shape index (κ3) is 3.64. The van der Waals surface area contributed by atoms with Crippen LogP contribution in [0.3, 0.4) is 0 Å². The Morgan fingerprint density at radius 3 is 2.25 bits per heavy atom. The minimum absolute atomic E-state index is 0.253. The van der Waals surface area contributed by atoms with Gasteiger partial charge in [-0.15, -0.1) is 0 Å². The van der Waals surface area contributed by atoms with Crippen LogP contribution >= 0.6 is 0 Å². The van der Waals surface area contributed by atoms with Gasteiger partial charge in [-0.25, -0.2) is 4.79 Å². The summed E-state index contributed by atoms with van der Waals surface area (Å²) in [6.07, 6.45) is 6.41. The van der Waals surface area contributed by atoms with Gasteiger partial charge in [0.2, 0.25) is 0 Å². The van der Waals surface area contributed by atoms with E-state index in [4.69, 9.17) is 4.74 Å². The molecule has 4 bridgehead atoms. The summed E-state index contributed by atoms with van der Waals surface area (Å²) in [4.78, 5) is 36.9. The van der Waals surface area contributed by atoms with Crippen molar-refractivity contribution in [1.29, 1.82) is 0 Å². The van der Waals surface area contributed by atoms with Gasteiger partial charge in [-0.1, -0.05) is 12.1 Å². The fourth-order valence-electron chi connectivity index (χ4n) is 5.85. The Labute approximate surface area is 165 Å². The number of hydrogen-bond acceptors (Lipinski definition) is 4. The molecule has 0 heterocycles. The first-order valence-electron chi connectivity index (χ1n) is 10.2. The Kier molecular flexibility index (Phi) is 4.89. The SMILES string of the molecule is Cc1cccc(NC(=O)NC(=O)COC(=O)C23CC4CC(CC(C4)C2)C3)c1C. The van der Waals surface area contributed by atoms with Crippen molar-refractivity contribution in [3.8, 4) is 0 Å². The maximum atomic E-state index is 12.8. The molecule has 5 rings (SSSR count). The molecule has 0 unspecified atom stereocenters. The number of carbonyl (C=O) groups excluding carboxylic acids is 3. The maximum absolute atomic E-state index is 12.8. The molecule has 150 valence electrons. The monoisotopic (exact) mass is 384 g/mol. The van der Waals surface area contributed by atoms with Gasteiger partial charge in [-0.05, 0) is 87.3 Å². The van der Waals surface area contributed by atoms with Crippen LogP contribution in [-0.4, -0.2) is 24.5 Å². The molecule has 3 amide bonds. The molecular formula is C22H28N2O4. The molecule has 28 heavy (non-hydrogen) atoms. The molecular weight excluding hydrogens is 356 g/mol. The van der Waals surface area contributed by atoms with Crippen molar-refractivity contribution in [2.24, 2.45) is 23.2 Å². The molecule has 0 aromatic heterocycles. The molecule has 4 fully saturated rings. The van der Waals surface area contributed by atoms with E-state index in [1.54, 1.807) is 6.07 Å². The van der Waals surface area contributed by atoms with Crippen LogP contribution in [0.1, 0.15) is 49.7 Å². The first-order chi connectivity index (χ1) is 13.3. The van der Waals surface area contributed by atoms with E-state index in [0.29, 0.717) is 23.4 Å². The molecule has 4 aliphatic rings. The van der Waals surface area contributed by atoms with Gasteiger partial charge in [0, 0.05) is 5.69 Å². The molecule has 1 aromatic rings. The Morgan fingerprint density at radius 2 is 1.64 bits per heavy atom. The van der Waals surface area contributed by atoms with E-state index in [1.165, 1.54) is 19.3 Å². The van der Waals surface area contributed by atoms with E-state index >= 15 is 0 Å². The van der Waals surface area contributed by atoms with Gasteiger partial charge < -0.3 is 10.1 Å². The van der Waals surface area contributed by atoms with Gasteiger partial charge in [0.1, 0.15) is 0 Å². The van der Waals surface area contributed by atoms with Gasteiger partial charge in [0.25, 0.3) is 5.91 Å². The second-order valence-corrected chi connectivity index (χ2v) is 9.02. The number of imide groups is 1. The molecule has 2 N–H and O–H groups in total. The van der Waals surface area contributed by atoms with Gasteiger partial charge >= 0.3 is 12.0 Å². The average molecular weight is 384 g/mol. The highest BCUT2D eigenvalue weighted by Crippen LogP contribution is 2.60. The quantitative estimate of drug-likeness (QED) is 0.775. The molecule has 4 aliphatic carbocycles. The Morgan fingerprint density at radius 1 is 1.04 bits per heavy atom. The normalized spacial score (nSPS) is 30.0. The zero-order valence-corrected chi connectivity index (χ0v) is 16.5. The number of benzene rings is 1. The van der Waals surface area contributed by atoms with Crippen molar-refractivity contribution < 1.29 is 19.1 Å². The second kappa shape index (κ2) is 7.22. The summed E-state index contributed by atoms with van der Waals surface area (Å²) in [6.45, 7) is 3.44.